The van der Waals surface area contributed by atoms with E-state index in [2.05, 4.69) is 13.5 Å². The van der Waals surface area contributed by atoms with Crippen molar-refractivity contribution in [2.24, 2.45) is 0 Å². The van der Waals surface area contributed by atoms with Gasteiger partial charge in [-0.15, -0.1) is 6.58 Å². The van der Waals surface area contributed by atoms with Gasteiger partial charge in [-0.2, -0.15) is 0 Å². The number of unbranched alkanes of at least 4 members (excludes halogenated alkanes) is 14. The Balaban J connectivity index is 0. The molecule has 0 aromatic carbocycles. The summed E-state index contributed by atoms with van der Waals surface area (Å²) in [5, 5.41) is 0. The topological polar surface area (TPSA) is 17.1 Å². The van der Waals surface area contributed by atoms with E-state index in [-0.39, 0.29) is 18.3 Å². The Kier molecular flexibility index (Phi) is 27.2. The molecule has 0 aliphatic rings. The van der Waals surface area contributed by atoms with Crippen LogP contribution in [0, 0.1) is 0 Å². The Labute approximate surface area is 137 Å². The van der Waals surface area contributed by atoms with E-state index in [0.29, 0.717) is 0 Å². The minimum absolute atomic E-state index is 0.125. The third-order valence-electron chi connectivity index (χ3n) is 3.76. The van der Waals surface area contributed by atoms with Crippen molar-refractivity contribution >= 4 is 0 Å². The second-order valence-electron chi connectivity index (χ2n) is 5.67. The van der Waals surface area contributed by atoms with Crippen LogP contribution in [0.2, 0.25) is 0 Å². The Morgan fingerprint density at radius 1 is 0.650 bits per heavy atom. The normalized spacial score (nSPS) is 9.95. The fraction of sp³-hybridized carbons (Fsp3) is 0.889. The Morgan fingerprint density at radius 2 is 0.950 bits per heavy atom. The molecule has 116 valence electrons. The Morgan fingerprint density at radius 3 is 1.25 bits per heavy atom. The van der Waals surface area contributed by atoms with Crippen molar-refractivity contribution in [3.05, 3.63) is 12.7 Å². The van der Waals surface area contributed by atoms with Gasteiger partial charge in [-0.05, 0) is 12.8 Å². The van der Waals surface area contributed by atoms with Gasteiger partial charge >= 0.3 is 21.8 Å². The van der Waals surface area contributed by atoms with Gasteiger partial charge in [0.05, 0.1) is 0 Å². The van der Waals surface area contributed by atoms with Gasteiger partial charge in [0, 0.05) is 0 Å². The summed E-state index contributed by atoms with van der Waals surface area (Å²) in [6.45, 7) is 6.05. The molecule has 0 fully saturated rings. The molecule has 0 aliphatic heterocycles. The summed E-state index contributed by atoms with van der Waals surface area (Å²) >= 11 is 0.125. The average molecular weight is 334 g/mol. The van der Waals surface area contributed by atoms with Crippen molar-refractivity contribution < 1.29 is 21.8 Å². The van der Waals surface area contributed by atoms with Gasteiger partial charge in [-0.25, -0.2) is 0 Å². The van der Waals surface area contributed by atoms with Crippen LogP contribution in [0.1, 0.15) is 103 Å². The van der Waals surface area contributed by atoms with E-state index in [9.17, 15) is 0 Å². The molecule has 20 heavy (non-hydrogen) atoms. The van der Waals surface area contributed by atoms with Gasteiger partial charge in [0.25, 0.3) is 0 Å². The molecule has 0 saturated heterocycles. The molecule has 0 rings (SSSR count). The first-order valence-electron chi connectivity index (χ1n) is 8.81. The molecule has 0 bridgehead atoms. The fourth-order valence-corrected chi connectivity index (χ4v) is 2.48. The summed E-state index contributed by atoms with van der Waals surface area (Å²) in [7, 11) is 0. The van der Waals surface area contributed by atoms with Crippen LogP contribution < -0.4 is 0 Å². The molecule has 0 atom stereocenters. The zero-order valence-electron chi connectivity index (χ0n) is 14.0. The van der Waals surface area contributed by atoms with E-state index in [1.54, 1.807) is 0 Å². The molecule has 0 heterocycles. The summed E-state index contributed by atoms with van der Waals surface area (Å²) in [4.78, 5) is 0. The number of hydrogen-bond acceptors (Lipinski definition) is 1. The molecule has 0 unspecified atom stereocenters. The van der Waals surface area contributed by atoms with Gasteiger partial charge < -0.3 is 0 Å². The van der Waals surface area contributed by atoms with Crippen LogP contribution in [0.4, 0.5) is 0 Å². The number of rotatable bonds is 15. The first kappa shape index (κ1) is 22.4. The molecule has 0 N–H and O–H groups in total. The van der Waals surface area contributed by atoms with Crippen LogP contribution in [0.25, 0.3) is 0 Å². The zero-order valence-corrected chi connectivity index (χ0v) is 17.0. The minimum atomic E-state index is 0.125. The van der Waals surface area contributed by atoms with Crippen LogP contribution in [-0.2, 0) is 21.8 Å². The zero-order chi connectivity index (χ0) is 15.3. The van der Waals surface area contributed by atoms with E-state index in [1.165, 1.54) is 96.3 Å². The molecule has 0 aromatic rings. The first-order chi connectivity index (χ1) is 9.91. The summed E-state index contributed by atoms with van der Waals surface area (Å²) in [6.07, 6.45) is 23.5. The van der Waals surface area contributed by atoms with Crippen LogP contribution in [0.5, 0.6) is 0 Å². The van der Waals surface area contributed by atoms with Crippen LogP contribution in [-0.4, -0.2) is 0 Å². The standard InChI is InChI=1S/C18H36.O.Zn/c1-3-5-7-9-11-13-15-17-18-16-14-12-10-8-6-4-2;;/h3H,1,4-18H2,2H3;;. The maximum atomic E-state index is 8.38. The van der Waals surface area contributed by atoms with Gasteiger partial charge in [0.1, 0.15) is 0 Å². The van der Waals surface area contributed by atoms with Gasteiger partial charge in [-0.3, -0.25) is 0 Å². The third-order valence-corrected chi connectivity index (χ3v) is 3.76. The van der Waals surface area contributed by atoms with Crippen molar-refractivity contribution in [3.63, 3.8) is 0 Å². The molecular formula is C18H36OZn. The molecule has 0 aliphatic carbocycles. The van der Waals surface area contributed by atoms with Crippen molar-refractivity contribution in [3.8, 4) is 0 Å². The van der Waals surface area contributed by atoms with Crippen LogP contribution in [0.15, 0.2) is 12.7 Å². The fourth-order valence-electron chi connectivity index (χ4n) is 2.48. The van der Waals surface area contributed by atoms with E-state index in [1.807, 2.05) is 6.08 Å². The van der Waals surface area contributed by atoms with Crippen molar-refractivity contribution in [1.82, 2.24) is 0 Å². The predicted molar refractivity (Wildman–Crippen MR) is 85.8 cm³/mol. The summed E-state index contributed by atoms with van der Waals surface area (Å²) < 4.78 is 8.38. The van der Waals surface area contributed by atoms with E-state index in [0.717, 1.165) is 0 Å². The molecule has 0 spiro atoms. The average Bonchev–Trinajstić information content (AvgIpc) is 2.50. The second kappa shape index (κ2) is 24.2. The molecule has 2 heteroatoms. The summed E-state index contributed by atoms with van der Waals surface area (Å²) in [5.41, 5.74) is 0. The van der Waals surface area contributed by atoms with E-state index < -0.39 is 0 Å². The Bertz CT molecular complexity index is 171. The van der Waals surface area contributed by atoms with Crippen molar-refractivity contribution in [1.29, 1.82) is 0 Å². The quantitative estimate of drug-likeness (QED) is 0.180. The maximum absolute atomic E-state index is 8.38. The monoisotopic (exact) mass is 332 g/mol. The summed E-state index contributed by atoms with van der Waals surface area (Å²) in [6, 6.07) is 0. The van der Waals surface area contributed by atoms with Crippen molar-refractivity contribution in [2.75, 3.05) is 0 Å². The predicted octanol–water partition coefficient (Wildman–Crippen LogP) is 6.92. The number of hydrogen-bond donors (Lipinski definition) is 0. The Hall–Kier alpha value is 0.163. The number of allylic oxidation sites excluding steroid dienone is 1. The summed E-state index contributed by atoms with van der Waals surface area (Å²) in [5.74, 6) is 0. The SMILES string of the molecule is C=CCCCCCCCCCCCCCCCC.[O]=[Zn]. The molecular weight excluding hydrogens is 298 g/mol. The molecule has 0 amide bonds. The molecule has 0 saturated carbocycles. The van der Waals surface area contributed by atoms with Gasteiger partial charge in [0.15, 0.2) is 0 Å². The van der Waals surface area contributed by atoms with Crippen LogP contribution in [0.3, 0.4) is 0 Å². The van der Waals surface area contributed by atoms with Gasteiger partial charge in [0.2, 0.25) is 0 Å². The van der Waals surface area contributed by atoms with Crippen LogP contribution >= 0.6 is 0 Å². The van der Waals surface area contributed by atoms with E-state index >= 15 is 0 Å². The third kappa shape index (κ3) is 23.3. The first-order valence-corrected chi connectivity index (χ1v) is 10.0. The molecule has 1 nitrogen and oxygen atoms in total. The van der Waals surface area contributed by atoms with Crippen molar-refractivity contribution in [2.45, 2.75) is 103 Å². The molecule has 0 radical (unpaired) electrons. The van der Waals surface area contributed by atoms with E-state index in [4.69, 9.17) is 3.57 Å². The second-order valence-corrected chi connectivity index (χ2v) is 5.67. The molecule has 0 aromatic heterocycles. The van der Waals surface area contributed by atoms with Gasteiger partial charge in [-0.1, -0.05) is 96.5 Å².